The summed E-state index contributed by atoms with van der Waals surface area (Å²) in [6, 6.07) is 3.88. The number of halogens is 1. The van der Waals surface area contributed by atoms with Crippen molar-refractivity contribution in [3.8, 4) is 5.75 Å². The summed E-state index contributed by atoms with van der Waals surface area (Å²) in [5, 5.41) is 0. The maximum Gasteiger partial charge on any atom is 0.192 e. The van der Waals surface area contributed by atoms with Gasteiger partial charge in [0.05, 0.1) is 18.8 Å². The van der Waals surface area contributed by atoms with Crippen LogP contribution in [0.25, 0.3) is 0 Å². The molecule has 0 N–H and O–H groups in total. The average Bonchev–Trinajstić information content (AvgIpc) is 2.46. The zero-order valence-corrected chi connectivity index (χ0v) is 10.9. The van der Waals surface area contributed by atoms with Crippen LogP contribution < -0.4 is 4.74 Å². The third-order valence-corrected chi connectivity index (χ3v) is 3.08. The Balaban J connectivity index is 1.97. The summed E-state index contributed by atoms with van der Waals surface area (Å²) >= 11 is 0. The lowest BCUT2D eigenvalue weighted by Crippen LogP contribution is -2.26. The SMILES string of the molecule is COc1ccc(F)cc1C(=O)COC1CCOCC1. The number of Topliss-reactive ketones (excluding diaryl/α,β-unsaturated/α-hetero) is 1. The molecule has 1 saturated heterocycles. The maximum atomic E-state index is 13.2. The van der Waals surface area contributed by atoms with Crippen LogP contribution in [0.1, 0.15) is 23.2 Å². The van der Waals surface area contributed by atoms with E-state index in [-0.39, 0.29) is 24.1 Å². The molecule has 0 bridgehead atoms. The Labute approximate surface area is 111 Å². The summed E-state index contributed by atoms with van der Waals surface area (Å²) in [5.74, 6) is -0.375. The molecule has 1 aromatic carbocycles. The van der Waals surface area contributed by atoms with E-state index in [2.05, 4.69) is 0 Å². The van der Waals surface area contributed by atoms with Gasteiger partial charge in [-0.3, -0.25) is 4.79 Å². The number of carbonyl (C=O) groups excluding carboxylic acids is 1. The van der Waals surface area contributed by atoms with Crippen molar-refractivity contribution in [2.75, 3.05) is 26.9 Å². The first-order valence-electron chi connectivity index (χ1n) is 6.27. The summed E-state index contributed by atoms with van der Waals surface area (Å²) in [5.41, 5.74) is 0.217. The van der Waals surface area contributed by atoms with E-state index in [1.54, 1.807) is 0 Å². The van der Waals surface area contributed by atoms with Gasteiger partial charge in [0.2, 0.25) is 0 Å². The molecule has 0 atom stereocenters. The van der Waals surface area contributed by atoms with Gasteiger partial charge in [0.15, 0.2) is 5.78 Å². The first kappa shape index (κ1) is 14.0. The molecular formula is C14H17FO4. The molecule has 0 amide bonds. The lowest BCUT2D eigenvalue weighted by Gasteiger charge is -2.22. The van der Waals surface area contributed by atoms with Gasteiger partial charge in [0.1, 0.15) is 18.2 Å². The Morgan fingerprint density at radius 1 is 1.42 bits per heavy atom. The van der Waals surface area contributed by atoms with Crippen LogP contribution in [-0.4, -0.2) is 38.8 Å². The summed E-state index contributed by atoms with van der Waals surface area (Å²) in [6.07, 6.45) is 1.61. The molecule has 5 heteroatoms. The van der Waals surface area contributed by atoms with E-state index in [4.69, 9.17) is 14.2 Å². The van der Waals surface area contributed by atoms with Gasteiger partial charge in [-0.2, -0.15) is 0 Å². The first-order valence-corrected chi connectivity index (χ1v) is 6.27. The molecule has 0 aliphatic carbocycles. The monoisotopic (exact) mass is 268 g/mol. The van der Waals surface area contributed by atoms with Gasteiger partial charge in [-0.25, -0.2) is 4.39 Å². The zero-order chi connectivity index (χ0) is 13.7. The van der Waals surface area contributed by atoms with E-state index in [1.165, 1.54) is 25.3 Å². The van der Waals surface area contributed by atoms with Crippen LogP contribution in [0.5, 0.6) is 5.75 Å². The Bertz CT molecular complexity index is 441. The quantitative estimate of drug-likeness (QED) is 0.768. The number of ketones is 1. The van der Waals surface area contributed by atoms with E-state index in [0.29, 0.717) is 19.0 Å². The number of hydrogen-bond donors (Lipinski definition) is 0. The molecule has 2 rings (SSSR count). The zero-order valence-electron chi connectivity index (χ0n) is 10.9. The fourth-order valence-corrected chi connectivity index (χ4v) is 2.01. The largest absolute Gasteiger partial charge is 0.496 e. The summed E-state index contributed by atoms with van der Waals surface area (Å²) in [4.78, 5) is 12.0. The van der Waals surface area contributed by atoms with E-state index >= 15 is 0 Å². The van der Waals surface area contributed by atoms with Crippen LogP contribution >= 0.6 is 0 Å². The molecule has 0 unspecified atom stereocenters. The minimum atomic E-state index is -0.463. The van der Waals surface area contributed by atoms with Gasteiger partial charge in [-0.15, -0.1) is 0 Å². The molecule has 0 radical (unpaired) electrons. The van der Waals surface area contributed by atoms with Gasteiger partial charge in [0.25, 0.3) is 0 Å². The number of benzene rings is 1. The molecular weight excluding hydrogens is 251 g/mol. The highest BCUT2D eigenvalue weighted by atomic mass is 19.1. The second-order valence-electron chi connectivity index (χ2n) is 4.39. The van der Waals surface area contributed by atoms with Gasteiger partial charge in [0, 0.05) is 13.2 Å². The minimum absolute atomic E-state index is 0.0391. The van der Waals surface area contributed by atoms with Crippen LogP contribution in [0.2, 0.25) is 0 Å². The average molecular weight is 268 g/mol. The highest BCUT2D eigenvalue weighted by Gasteiger charge is 2.18. The van der Waals surface area contributed by atoms with Crippen molar-refractivity contribution in [2.24, 2.45) is 0 Å². The van der Waals surface area contributed by atoms with Crippen molar-refractivity contribution in [3.63, 3.8) is 0 Å². The van der Waals surface area contributed by atoms with Gasteiger partial charge < -0.3 is 14.2 Å². The summed E-state index contributed by atoms with van der Waals surface area (Å²) in [6.45, 7) is 1.24. The predicted octanol–water partition coefficient (Wildman–Crippen LogP) is 2.21. The van der Waals surface area contributed by atoms with Gasteiger partial charge in [-0.05, 0) is 31.0 Å². The van der Waals surface area contributed by atoms with Crippen molar-refractivity contribution in [2.45, 2.75) is 18.9 Å². The molecule has 19 heavy (non-hydrogen) atoms. The van der Waals surface area contributed by atoms with E-state index < -0.39 is 5.82 Å². The topological polar surface area (TPSA) is 44.8 Å². The molecule has 0 aromatic heterocycles. The molecule has 4 nitrogen and oxygen atoms in total. The molecule has 1 aliphatic heterocycles. The lowest BCUT2D eigenvalue weighted by molar-refractivity contribution is -0.0262. The lowest BCUT2D eigenvalue weighted by atomic mass is 10.1. The molecule has 0 spiro atoms. The fraction of sp³-hybridized carbons (Fsp3) is 0.500. The Morgan fingerprint density at radius 2 is 2.16 bits per heavy atom. The third kappa shape index (κ3) is 3.75. The smallest absolute Gasteiger partial charge is 0.192 e. The predicted molar refractivity (Wildman–Crippen MR) is 67.1 cm³/mol. The molecule has 0 saturated carbocycles. The number of methoxy groups -OCH3 is 1. The fourth-order valence-electron chi connectivity index (χ4n) is 2.01. The van der Waals surface area contributed by atoms with Gasteiger partial charge in [-0.1, -0.05) is 0 Å². The van der Waals surface area contributed by atoms with E-state index in [0.717, 1.165) is 12.8 Å². The Hall–Kier alpha value is -1.46. The van der Waals surface area contributed by atoms with E-state index in [9.17, 15) is 9.18 Å². The normalized spacial score (nSPS) is 16.3. The van der Waals surface area contributed by atoms with Crippen molar-refractivity contribution < 1.29 is 23.4 Å². The number of ether oxygens (including phenoxy) is 3. The van der Waals surface area contributed by atoms with Crippen molar-refractivity contribution in [1.82, 2.24) is 0 Å². The first-order chi connectivity index (χ1) is 9.20. The standard InChI is InChI=1S/C14H17FO4/c1-17-14-3-2-10(15)8-12(14)13(16)9-19-11-4-6-18-7-5-11/h2-3,8,11H,4-7,9H2,1H3. The highest BCUT2D eigenvalue weighted by Crippen LogP contribution is 2.20. The Kier molecular flexibility index (Phi) is 4.87. The summed E-state index contributed by atoms with van der Waals surface area (Å²) in [7, 11) is 1.45. The molecule has 1 aromatic rings. The number of hydrogen-bond acceptors (Lipinski definition) is 4. The van der Waals surface area contributed by atoms with Crippen LogP contribution in [0, 0.1) is 5.82 Å². The van der Waals surface area contributed by atoms with Crippen molar-refractivity contribution in [1.29, 1.82) is 0 Å². The maximum absolute atomic E-state index is 13.2. The number of carbonyl (C=O) groups is 1. The second-order valence-corrected chi connectivity index (χ2v) is 4.39. The summed E-state index contributed by atoms with van der Waals surface area (Å²) < 4.78 is 29.0. The van der Waals surface area contributed by atoms with Crippen LogP contribution in [-0.2, 0) is 9.47 Å². The second kappa shape index (κ2) is 6.63. The molecule has 1 fully saturated rings. The third-order valence-electron chi connectivity index (χ3n) is 3.08. The number of rotatable bonds is 5. The van der Waals surface area contributed by atoms with Gasteiger partial charge >= 0.3 is 0 Å². The highest BCUT2D eigenvalue weighted by molar-refractivity contribution is 5.99. The van der Waals surface area contributed by atoms with Crippen molar-refractivity contribution in [3.05, 3.63) is 29.6 Å². The van der Waals surface area contributed by atoms with Crippen LogP contribution in [0.15, 0.2) is 18.2 Å². The Morgan fingerprint density at radius 3 is 2.84 bits per heavy atom. The van der Waals surface area contributed by atoms with Crippen LogP contribution in [0.3, 0.4) is 0 Å². The molecule has 1 aliphatic rings. The van der Waals surface area contributed by atoms with Crippen LogP contribution in [0.4, 0.5) is 4.39 Å². The minimum Gasteiger partial charge on any atom is -0.496 e. The molecule has 1 heterocycles. The van der Waals surface area contributed by atoms with E-state index in [1.807, 2.05) is 0 Å². The molecule has 104 valence electrons. The van der Waals surface area contributed by atoms with Crippen molar-refractivity contribution >= 4 is 5.78 Å².